The van der Waals surface area contributed by atoms with Gasteiger partial charge in [-0.05, 0) is 18.6 Å². The topological polar surface area (TPSA) is 68.9 Å². The maximum atomic E-state index is 10.7. The summed E-state index contributed by atoms with van der Waals surface area (Å²) in [5.41, 5.74) is 2.09. The zero-order chi connectivity index (χ0) is 12.4. The van der Waals surface area contributed by atoms with Crippen LogP contribution in [0.1, 0.15) is 5.56 Å². The zero-order valence-corrected chi connectivity index (χ0v) is 9.68. The van der Waals surface area contributed by atoms with Crippen LogP contribution in [0.5, 0.6) is 0 Å². The molecule has 2 aromatic rings. The van der Waals surface area contributed by atoms with Gasteiger partial charge in [0.05, 0.1) is 21.8 Å². The van der Waals surface area contributed by atoms with Gasteiger partial charge in [0.25, 0.3) is 5.69 Å². The van der Waals surface area contributed by atoms with Crippen molar-refractivity contribution in [1.82, 2.24) is 10.2 Å². The van der Waals surface area contributed by atoms with Crippen LogP contribution in [0.15, 0.2) is 30.5 Å². The fourth-order valence-corrected chi connectivity index (χ4v) is 1.62. The van der Waals surface area contributed by atoms with Gasteiger partial charge in [-0.1, -0.05) is 17.7 Å². The Bertz CT molecular complexity index is 587. The first kappa shape index (κ1) is 11.5. The van der Waals surface area contributed by atoms with Gasteiger partial charge in [-0.25, -0.2) is 0 Å². The number of aromatic nitrogens is 2. The molecule has 6 heteroatoms. The van der Waals surface area contributed by atoms with E-state index in [-0.39, 0.29) is 5.69 Å². The van der Waals surface area contributed by atoms with E-state index in [0.717, 1.165) is 5.56 Å². The molecule has 0 saturated heterocycles. The smallest absolute Gasteiger partial charge is 0.258 e. The number of rotatable bonds is 2. The number of aryl methyl sites for hydroxylation is 1. The third kappa shape index (κ3) is 2.39. The highest BCUT2D eigenvalue weighted by Gasteiger charge is 2.11. The predicted molar refractivity (Wildman–Crippen MR) is 63.9 cm³/mol. The minimum atomic E-state index is -0.444. The van der Waals surface area contributed by atoms with Crippen LogP contribution in [-0.4, -0.2) is 15.1 Å². The van der Waals surface area contributed by atoms with E-state index in [2.05, 4.69) is 10.2 Å². The first-order valence-electron chi connectivity index (χ1n) is 4.81. The van der Waals surface area contributed by atoms with E-state index in [1.165, 1.54) is 18.3 Å². The first-order valence-corrected chi connectivity index (χ1v) is 5.19. The second-order valence-corrected chi connectivity index (χ2v) is 3.95. The van der Waals surface area contributed by atoms with Crippen molar-refractivity contribution in [2.45, 2.75) is 6.92 Å². The van der Waals surface area contributed by atoms with Gasteiger partial charge in [-0.15, -0.1) is 0 Å². The summed E-state index contributed by atoms with van der Waals surface area (Å²) in [4.78, 5) is 10.3. The summed E-state index contributed by atoms with van der Waals surface area (Å²) in [5, 5.41) is 18.8. The van der Waals surface area contributed by atoms with E-state index in [4.69, 9.17) is 11.6 Å². The fraction of sp³-hybridized carbons (Fsp3) is 0.0909. The van der Waals surface area contributed by atoms with E-state index < -0.39 is 4.92 Å². The number of benzene rings is 1. The molecule has 0 bridgehead atoms. The van der Waals surface area contributed by atoms with Crippen LogP contribution in [0.4, 0.5) is 5.69 Å². The molecule has 1 aromatic heterocycles. The van der Waals surface area contributed by atoms with Crippen LogP contribution in [0.2, 0.25) is 5.02 Å². The van der Waals surface area contributed by atoms with Crippen molar-refractivity contribution in [2.24, 2.45) is 0 Å². The van der Waals surface area contributed by atoms with Crippen molar-refractivity contribution in [1.29, 1.82) is 0 Å². The number of nitrogens with zero attached hydrogens (tertiary/aromatic N) is 3. The summed E-state index contributed by atoms with van der Waals surface area (Å²) in [7, 11) is 0. The summed E-state index contributed by atoms with van der Waals surface area (Å²) in [6, 6.07) is 6.23. The molecule has 5 nitrogen and oxygen atoms in total. The molecule has 0 aliphatic rings. The van der Waals surface area contributed by atoms with Gasteiger partial charge in [0.1, 0.15) is 0 Å². The minimum absolute atomic E-state index is 0.0207. The number of nitro groups is 1. The summed E-state index contributed by atoms with van der Waals surface area (Å²) >= 11 is 5.81. The lowest BCUT2D eigenvalue weighted by molar-refractivity contribution is -0.384. The molecule has 86 valence electrons. The lowest BCUT2D eigenvalue weighted by Crippen LogP contribution is -1.93. The average molecular weight is 250 g/mol. The average Bonchev–Trinajstić information content (AvgIpc) is 2.29. The van der Waals surface area contributed by atoms with E-state index in [0.29, 0.717) is 16.3 Å². The van der Waals surface area contributed by atoms with Gasteiger partial charge < -0.3 is 0 Å². The maximum Gasteiger partial charge on any atom is 0.270 e. The van der Waals surface area contributed by atoms with E-state index in [9.17, 15) is 10.1 Å². The molecule has 0 saturated carbocycles. The molecule has 1 heterocycles. The van der Waals surface area contributed by atoms with Gasteiger partial charge in [-0.3, -0.25) is 10.1 Å². The lowest BCUT2D eigenvalue weighted by Gasteiger charge is -2.04. The van der Waals surface area contributed by atoms with Gasteiger partial charge in [-0.2, -0.15) is 10.2 Å². The number of nitro benzene ring substituents is 1. The van der Waals surface area contributed by atoms with E-state index in [1.807, 2.05) is 6.92 Å². The number of hydrogen-bond donors (Lipinski definition) is 0. The Hall–Kier alpha value is -2.01. The molecular formula is C11H8ClN3O2. The van der Waals surface area contributed by atoms with Crippen molar-refractivity contribution in [3.05, 3.63) is 51.2 Å². The second-order valence-electron chi connectivity index (χ2n) is 3.52. The second kappa shape index (κ2) is 4.47. The third-order valence-corrected chi connectivity index (χ3v) is 2.54. The Labute approximate surface area is 102 Å². The third-order valence-electron chi connectivity index (χ3n) is 2.33. The van der Waals surface area contributed by atoms with Crippen molar-refractivity contribution < 1.29 is 4.92 Å². The Balaban J connectivity index is 2.58. The Kier molecular flexibility index (Phi) is 3.01. The lowest BCUT2D eigenvalue weighted by atomic mass is 10.0. The van der Waals surface area contributed by atoms with Crippen LogP contribution >= 0.6 is 11.6 Å². The first-order chi connectivity index (χ1) is 8.08. The molecular weight excluding hydrogens is 242 g/mol. The fourth-order valence-electron chi connectivity index (χ4n) is 1.47. The molecule has 1 aromatic carbocycles. The van der Waals surface area contributed by atoms with Crippen molar-refractivity contribution in [3.8, 4) is 11.3 Å². The van der Waals surface area contributed by atoms with Crippen molar-refractivity contribution in [2.75, 3.05) is 0 Å². The molecule has 0 fully saturated rings. The van der Waals surface area contributed by atoms with Gasteiger partial charge >= 0.3 is 0 Å². The summed E-state index contributed by atoms with van der Waals surface area (Å²) < 4.78 is 0. The molecule has 0 unspecified atom stereocenters. The monoisotopic (exact) mass is 249 g/mol. The Morgan fingerprint density at radius 2 is 2.12 bits per heavy atom. The molecule has 0 radical (unpaired) electrons. The molecule has 0 amide bonds. The number of hydrogen-bond acceptors (Lipinski definition) is 4. The predicted octanol–water partition coefficient (Wildman–Crippen LogP) is 3.01. The van der Waals surface area contributed by atoms with Gasteiger partial charge in [0.15, 0.2) is 0 Å². The molecule has 0 aliphatic carbocycles. The van der Waals surface area contributed by atoms with Crippen molar-refractivity contribution >= 4 is 17.3 Å². The SMILES string of the molecule is Cc1ccc([N+](=O)[O-])cc1-c1cc(Cl)cnn1. The Morgan fingerprint density at radius 1 is 1.35 bits per heavy atom. The van der Waals surface area contributed by atoms with Crippen LogP contribution in [0.25, 0.3) is 11.3 Å². The van der Waals surface area contributed by atoms with Crippen molar-refractivity contribution in [3.63, 3.8) is 0 Å². The molecule has 0 aliphatic heterocycles. The largest absolute Gasteiger partial charge is 0.270 e. The minimum Gasteiger partial charge on any atom is -0.258 e. The standard InChI is InChI=1S/C11H8ClN3O2/c1-7-2-3-9(15(16)17)5-10(7)11-4-8(12)6-13-14-11/h2-6H,1H3. The normalized spacial score (nSPS) is 10.2. The van der Waals surface area contributed by atoms with E-state index in [1.54, 1.807) is 12.1 Å². The zero-order valence-electron chi connectivity index (χ0n) is 8.92. The Morgan fingerprint density at radius 3 is 2.76 bits per heavy atom. The summed E-state index contributed by atoms with van der Waals surface area (Å²) in [6.45, 7) is 1.85. The van der Waals surface area contributed by atoms with Gasteiger partial charge in [0.2, 0.25) is 0 Å². The van der Waals surface area contributed by atoms with E-state index >= 15 is 0 Å². The molecule has 0 spiro atoms. The summed E-state index contributed by atoms with van der Waals surface area (Å²) in [5.74, 6) is 0. The highest BCUT2D eigenvalue weighted by atomic mass is 35.5. The highest BCUT2D eigenvalue weighted by Crippen LogP contribution is 2.26. The van der Waals surface area contributed by atoms with Crippen LogP contribution in [-0.2, 0) is 0 Å². The molecule has 17 heavy (non-hydrogen) atoms. The number of halogens is 1. The van der Waals surface area contributed by atoms with Gasteiger partial charge in [0, 0.05) is 17.7 Å². The van der Waals surface area contributed by atoms with Crippen LogP contribution < -0.4 is 0 Å². The quantitative estimate of drug-likeness (QED) is 0.606. The number of non-ortho nitro benzene ring substituents is 1. The maximum absolute atomic E-state index is 10.7. The molecule has 0 atom stereocenters. The summed E-state index contributed by atoms with van der Waals surface area (Å²) in [6.07, 6.45) is 1.41. The molecule has 0 N–H and O–H groups in total. The van der Waals surface area contributed by atoms with Crippen LogP contribution in [0.3, 0.4) is 0 Å². The van der Waals surface area contributed by atoms with Crippen LogP contribution in [0, 0.1) is 17.0 Å². The highest BCUT2D eigenvalue weighted by molar-refractivity contribution is 6.30. The molecule has 2 rings (SSSR count).